The van der Waals surface area contributed by atoms with Crippen LogP contribution in [0.15, 0.2) is 53.4 Å². The smallest absolute Gasteiger partial charge is 0.320 e. The summed E-state index contributed by atoms with van der Waals surface area (Å²) in [5.41, 5.74) is 0.329. The molecule has 0 spiro atoms. The molecule has 0 aliphatic rings. The molecule has 0 aromatic heterocycles. The number of carbonyl (C=O) groups is 1. The number of nitrogens with one attached hydrogen (secondary N) is 1. The van der Waals surface area contributed by atoms with Crippen LogP contribution in [0.5, 0.6) is 5.75 Å². The number of nitrogens with zero attached hydrogens (tertiary/aromatic N) is 1. The van der Waals surface area contributed by atoms with Gasteiger partial charge in [0.25, 0.3) is 10.0 Å². The van der Waals surface area contributed by atoms with E-state index >= 15 is 0 Å². The number of hydrogen-bond donors (Lipinski definition) is 3. The van der Waals surface area contributed by atoms with Crippen LogP contribution in [0, 0.1) is 0 Å². The number of rotatable bonds is 11. The molecule has 0 amide bonds. The second-order valence-electron chi connectivity index (χ2n) is 6.55. The van der Waals surface area contributed by atoms with Gasteiger partial charge >= 0.3 is 5.97 Å². The molecule has 0 unspecified atom stereocenters. The van der Waals surface area contributed by atoms with Gasteiger partial charge in [-0.25, -0.2) is 8.42 Å². The van der Waals surface area contributed by atoms with E-state index in [0.29, 0.717) is 22.9 Å². The number of carboxylic acids is 1. The first-order valence-corrected chi connectivity index (χ1v) is 11.1. The van der Waals surface area contributed by atoms with Crippen LogP contribution in [0.4, 0.5) is 5.69 Å². The largest absolute Gasteiger partial charge is 0.497 e. The molecule has 8 nitrogen and oxygen atoms in total. The number of methoxy groups -OCH3 is 1. The first-order valence-electron chi connectivity index (χ1n) is 9.25. The molecule has 10 heteroatoms. The Bertz CT molecular complexity index is 935. The van der Waals surface area contributed by atoms with E-state index in [2.05, 4.69) is 5.32 Å². The fourth-order valence-corrected chi connectivity index (χ4v) is 4.39. The molecule has 0 saturated heterocycles. The van der Waals surface area contributed by atoms with Gasteiger partial charge in [0.2, 0.25) is 0 Å². The molecule has 30 heavy (non-hydrogen) atoms. The van der Waals surface area contributed by atoms with E-state index in [1.54, 1.807) is 31.2 Å². The normalized spacial score (nSPS) is 13.5. The van der Waals surface area contributed by atoms with Gasteiger partial charge in [-0.3, -0.25) is 9.10 Å². The maximum absolute atomic E-state index is 13.3. The first-order chi connectivity index (χ1) is 14.2. The Kier molecular flexibility index (Phi) is 8.48. The number of anilines is 1. The van der Waals surface area contributed by atoms with Gasteiger partial charge in [-0.2, -0.15) is 0 Å². The number of benzene rings is 2. The zero-order chi connectivity index (χ0) is 22.3. The predicted molar refractivity (Wildman–Crippen MR) is 115 cm³/mol. The van der Waals surface area contributed by atoms with Crippen LogP contribution < -0.4 is 14.4 Å². The van der Waals surface area contributed by atoms with Crippen molar-refractivity contribution in [2.75, 3.05) is 24.5 Å². The van der Waals surface area contributed by atoms with Crippen molar-refractivity contribution in [2.45, 2.75) is 30.4 Å². The van der Waals surface area contributed by atoms with Crippen molar-refractivity contribution in [3.8, 4) is 5.75 Å². The summed E-state index contributed by atoms with van der Waals surface area (Å²) in [6.07, 6.45) is -0.824. The van der Waals surface area contributed by atoms with Crippen molar-refractivity contribution in [2.24, 2.45) is 0 Å². The summed E-state index contributed by atoms with van der Waals surface area (Å²) in [7, 11) is -2.52. The maximum atomic E-state index is 13.3. The molecule has 2 aromatic carbocycles. The van der Waals surface area contributed by atoms with Crippen LogP contribution in [0.25, 0.3) is 0 Å². The number of sulfonamides is 1. The Morgan fingerprint density at radius 1 is 1.17 bits per heavy atom. The van der Waals surface area contributed by atoms with E-state index in [1.807, 2.05) is 0 Å². The summed E-state index contributed by atoms with van der Waals surface area (Å²) in [5.74, 6) is -0.484. The Morgan fingerprint density at radius 2 is 1.77 bits per heavy atom. The summed E-state index contributed by atoms with van der Waals surface area (Å²) in [4.78, 5) is 11.2. The van der Waals surface area contributed by atoms with E-state index in [1.165, 1.54) is 31.4 Å². The maximum Gasteiger partial charge on any atom is 0.320 e. The number of hydrogen-bond acceptors (Lipinski definition) is 6. The van der Waals surface area contributed by atoms with Crippen LogP contribution >= 0.6 is 11.6 Å². The van der Waals surface area contributed by atoms with Crippen LogP contribution in [0.1, 0.15) is 13.3 Å². The number of aliphatic hydroxyl groups is 1. The lowest BCUT2D eigenvalue weighted by molar-refractivity contribution is -0.139. The standard InChI is InChI=1S/C20H25ClN2O6S/c1-3-19(20(25)26)22-12-16(24)13-23(15-6-8-17(29-2)9-7-15)30(27,28)18-10-4-14(21)5-11-18/h4-11,16,19,22,24H,3,12-13H2,1-2H3,(H,25,26)/t16-,19-/m1/s1. The minimum absolute atomic E-state index is 0.0137. The highest BCUT2D eigenvalue weighted by molar-refractivity contribution is 7.92. The van der Waals surface area contributed by atoms with Crippen molar-refractivity contribution < 1.29 is 28.2 Å². The average molecular weight is 457 g/mol. The molecule has 0 heterocycles. The summed E-state index contributed by atoms with van der Waals surface area (Å²) >= 11 is 5.87. The van der Waals surface area contributed by atoms with E-state index in [-0.39, 0.29) is 18.0 Å². The van der Waals surface area contributed by atoms with Crippen molar-refractivity contribution in [3.63, 3.8) is 0 Å². The second kappa shape index (κ2) is 10.6. The summed E-state index contributed by atoms with van der Waals surface area (Å²) in [5, 5.41) is 22.7. The molecule has 0 fully saturated rings. The molecule has 0 aliphatic carbocycles. The van der Waals surface area contributed by atoms with E-state index < -0.39 is 28.1 Å². The van der Waals surface area contributed by atoms with Gasteiger partial charge in [0.15, 0.2) is 0 Å². The van der Waals surface area contributed by atoms with Gasteiger partial charge in [-0.15, -0.1) is 0 Å². The number of aliphatic hydroxyl groups excluding tert-OH is 1. The molecular weight excluding hydrogens is 432 g/mol. The molecule has 2 aromatic rings. The van der Waals surface area contributed by atoms with Gasteiger partial charge in [-0.05, 0) is 55.0 Å². The number of ether oxygens (including phenoxy) is 1. The van der Waals surface area contributed by atoms with Gasteiger partial charge in [-0.1, -0.05) is 18.5 Å². The number of halogens is 1. The predicted octanol–water partition coefficient (Wildman–Crippen LogP) is 2.36. The third-order valence-electron chi connectivity index (χ3n) is 4.44. The summed E-state index contributed by atoms with van der Waals surface area (Å²) < 4.78 is 32.7. The Morgan fingerprint density at radius 3 is 2.27 bits per heavy atom. The molecule has 2 atom stereocenters. The molecule has 0 aliphatic heterocycles. The Labute approximate surface area is 181 Å². The summed E-state index contributed by atoms with van der Waals surface area (Å²) in [6.45, 7) is 1.33. The lowest BCUT2D eigenvalue weighted by atomic mass is 10.2. The fraction of sp³-hybridized carbons (Fsp3) is 0.350. The van der Waals surface area contributed by atoms with Crippen molar-refractivity contribution in [3.05, 3.63) is 53.6 Å². The first kappa shape index (κ1) is 23.9. The Balaban J connectivity index is 2.31. The van der Waals surface area contributed by atoms with Crippen LogP contribution in [-0.4, -0.2) is 56.9 Å². The molecule has 0 bridgehead atoms. The Hall–Kier alpha value is -2.33. The molecular formula is C20H25ClN2O6S. The molecule has 0 saturated carbocycles. The lowest BCUT2D eigenvalue weighted by Crippen LogP contribution is -2.45. The van der Waals surface area contributed by atoms with Gasteiger partial charge in [0.05, 0.1) is 30.3 Å². The van der Waals surface area contributed by atoms with Crippen molar-refractivity contribution in [1.29, 1.82) is 0 Å². The topological polar surface area (TPSA) is 116 Å². The van der Waals surface area contributed by atoms with Crippen molar-refractivity contribution >= 4 is 33.3 Å². The monoisotopic (exact) mass is 456 g/mol. The van der Waals surface area contributed by atoms with Crippen LogP contribution in [0.2, 0.25) is 5.02 Å². The molecule has 3 N–H and O–H groups in total. The highest BCUT2D eigenvalue weighted by Crippen LogP contribution is 2.27. The molecule has 0 radical (unpaired) electrons. The quantitative estimate of drug-likeness (QED) is 0.475. The minimum Gasteiger partial charge on any atom is -0.497 e. The SMILES string of the molecule is CC[C@@H](NC[C@@H](O)CN(c1ccc(OC)cc1)S(=O)(=O)c1ccc(Cl)cc1)C(=O)O. The zero-order valence-electron chi connectivity index (χ0n) is 16.7. The highest BCUT2D eigenvalue weighted by Gasteiger charge is 2.28. The molecule has 2 rings (SSSR count). The third kappa shape index (κ3) is 6.09. The summed E-state index contributed by atoms with van der Waals surface area (Å²) in [6, 6.07) is 11.2. The fourth-order valence-electron chi connectivity index (χ4n) is 2.77. The van der Waals surface area contributed by atoms with Gasteiger partial charge in [0.1, 0.15) is 11.8 Å². The van der Waals surface area contributed by atoms with Crippen LogP contribution in [-0.2, 0) is 14.8 Å². The third-order valence-corrected chi connectivity index (χ3v) is 6.50. The second-order valence-corrected chi connectivity index (χ2v) is 8.85. The van der Waals surface area contributed by atoms with Gasteiger partial charge in [0, 0.05) is 11.6 Å². The van der Waals surface area contributed by atoms with Gasteiger partial charge < -0.3 is 20.3 Å². The number of aliphatic carboxylic acids is 1. The molecule has 164 valence electrons. The van der Waals surface area contributed by atoms with E-state index in [0.717, 1.165) is 4.31 Å². The van der Waals surface area contributed by atoms with E-state index in [9.17, 15) is 18.3 Å². The zero-order valence-corrected chi connectivity index (χ0v) is 18.2. The highest BCUT2D eigenvalue weighted by atomic mass is 35.5. The number of carboxylic acid groups (broad SMARTS) is 1. The lowest BCUT2D eigenvalue weighted by Gasteiger charge is -2.27. The minimum atomic E-state index is -4.02. The van der Waals surface area contributed by atoms with Crippen molar-refractivity contribution in [1.82, 2.24) is 5.32 Å². The average Bonchev–Trinajstić information content (AvgIpc) is 2.72. The van der Waals surface area contributed by atoms with E-state index in [4.69, 9.17) is 21.4 Å². The van der Waals surface area contributed by atoms with Crippen LogP contribution in [0.3, 0.4) is 0 Å².